The van der Waals surface area contributed by atoms with Crippen LogP contribution in [0.2, 0.25) is 0 Å². The second kappa shape index (κ2) is 7.00. The van der Waals surface area contributed by atoms with Gasteiger partial charge < -0.3 is 4.89 Å². The Morgan fingerprint density at radius 3 is 2.20 bits per heavy atom. The molecule has 5 nitrogen and oxygen atoms in total. The first kappa shape index (κ1) is 19.2. The Balaban J connectivity index is 2.41. The Morgan fingerprint density at radius 2 is 1.72 bits per heavy atom. The highest BCUT2D eigenvalue weighted by Gasteiger charge is 2.33. The van der Waals surface area contributed by atoms with Gasteiger partial charge in [0, 0.05) is 17.2 Å². The van der Waals surface area contributed by atoms with Gasteiger partial charge in [0.05, 0.1) is 5.69 Å². The summed E-state index contributed by atoms with van der Waals surface area (Å²) in [5, 5.41) is 0. The maximum Gasteiger partial charge on any atom is 0.261 e. The summed E-state index contributed by atoms with van der Waals surface area (Å²) in [7, 11) is 0. The lowest BCUT2D eigenvalue weighted by Crippen LogP contribution is -2.33. The number of hydrogen-bond acceptors (Lipinski definition) is 4. The van der Waals surface area contributed by atoms with Crippen LogP contribution in [-0.4, -0.2) is 17.4 Å². The Bertz CT molecular complexity index is 716. The molecular weight excluding hydrogens is 318 g/mol. The number of rotatable bonds is 6. The van der Waals surface area contributed by atoms with E-state index in [1.165, 1.54) is 11.0 Å². The van der Waals surface area contributed by atoms with Crippen LogP contribution in [0.3, 0.4) is 0 Å². The topological polar surface area (TPSA) is 55.8 Å². The highest BCUT2D eigenvalue weighted by Crippen LogP contribution is 2.38. The number of imide groups is 1. The fourth-order valence-electron chi connectivity index (χ4n) is 2.44. The van der Waals surface area contributed by atoms with Crippen molar-refractivity contribution < 1.29 is 19.4 Å². The molecule has 0 unspecified atom stereocenters. The van der Waals surface area contributed by atoms with Gasteiger partial charge in [0.1, 0.15) is 5.60 Å². The normalized spacial score (nSPS) is 15.4. The third-order valence-electron chi connectivity index (χ3n) is 4.70. The van der Waals surface area contributed by atoms with E-state index in [0.29, 0.717) is 17.0 Å². The molecule has 5 heteroatoms. The molecule has 0 spiro atoms. The molecule has 0 aliphatic carbocycles. The van der Waals surface area contributed by atoms with Gasteiger partial charge in [-0.05, 0) is 44.7 Å². The predicted octanol–water partition coefficient (Wildman–Crippen LogP) is 4.37. The van der Waals surface area contributed by atoms with Gasteiger partial charge in [-0.3, -0.25) is 9.59 Å². The van der Waals surface area contributed by atoms with E-state index in [0.717, 1.165) is 5.56 Å². The molecule has 1 aliphatic heterocycles. The monoisotopic (exact) mass is 345 g/mol. The predicted molar refractivity (Wildman–Crippen MR) is 97.4 cm³/mol. The molecule has 25 heavy (non-hydrogen) atoms. The number of anilines is 1. The molecule has 2 rings (SSSR count). The Labute approximate surface area is 149 Å². The SMILES string of the molecule is CC1=CC(=O)N(c2cccc(OOC(C)(C)C(C)C)c2C(C)C)C1=O. The average Bonchev–Trinajstić information content (AvgIpc) is 2.77. The molecule has 0 bridgehead atoms. The van der Waals surface area contributed by atoms with Crippen LogP contribution >= 0.6 is 0 Å². The summed E-state index contributed by atoms with van der Waals surface area (Å²) in [5.41, 5.74) is 1.28. The lowest BCUT2D eigenvalue weighted by atomic mass is 9.95. The van der Waals surface area contributed by atoms with Gasteiger partial charge in [0.25, 0.3) is 11.8 Å². The first-order chi connectivity index (χ1) is 11.6. The van der Waals surface area contributed by atoms with E-state index in [4.69, 9.17) is 9.78 Å². The van der Waals surface area contributed by atoms with Crippen LogP contribution in [0.25, 0.3) is 0 Å². The summed E-state index contributed by atoms with van der Waals surface area (Å²) >= 11 is 0. The molecule has 136 valence electrons. The summed E-state index contributed by atoms with van der Waals surface area (Å²) in [6.45, 7) is 13.6. The first-order valence-electron chi connectivity index (χ1n) is 8.61. The van der Waals surface area contributed by atoms with E-state index in [1.54, 1.807) is 25.1 Å². The minimum absolute atomic E-state index is 0.0402. The number of hydrogen-bond donors (Lipinski definition) is 0. The molecule has 0 N–H and O–H groups in total. The van der Waals surface area contributed by atoms with Crippen molar-refractivity contribution in [1.29, 1.82) is 0 Å². The molecule has 0 radical (unpaired) electrons. The van der Waals surface area contributed by atoms with Crippen molar-refractivity contribution in [3.8, 4) is 5.75 Å². The quantitative estimate of drug-likeness (QED) is 0.436. The molecule has 1 aliphatic rings. The minimum atomic E-state index is -0.471. The van der Waals surface area contributed by atoms with Crippen LogP contribution in [0.15, 0.2) is 29.8 Å². The van der Waals surface area contributed by atoms with E-state index in [2.05, 4.69) is 13.8 Å². The average molecular weight is 345 g/mol. The van der Waals surface area contributed by atoms with Gasteiger partial charge >= 0.3 is 0 Å². The van der Waals surface area contributed by atoms with Gasteiger partial charge in [-0.2, -0.15) is 4.89 Å². The molecule has 1 heterocycles. The second-order valence-corrected chi connectivity index (χ2v) is 7.57. The van der Waals surface area contributed by atoms with Gasteiger partial charge in [0.2, 0.25) is 0 Å². The second-order valence-electron chi connectivity index (χ2n) is 7.57. The molecular formula is C20H27NO4. The summed E-state index contributed by atoms with van der Waals surface area (Å²) < 4.78 is 0. The highest BCUT2D eigenvalue weighted by atomic mass is 17.2. The van der Waals surface area contributed by atoms with E-state index in [9.17, 15) is 9.59 Å². The van der Waals surface area contributed by atoms with Gasteiger partial charge in [-0.1, -0.05) is 33.8 Å². The fraction of sp³-hybridized carbons (Fsp3) is 0.500. The summed E-state index contributed by atoms with van der Waals surface area (Å²) in [6.07, 6.45) is 1.36. The smallest absolute Gasteiger partial charge is 0.261 e. The molecule has 0 atom stereocenters. The number of benzene rings is 1. The Hall–Kier alpha value is -2.14. The molecule has 0 fully saturated rings. The molecule has 0 aromatic heterocycles. The zero-order valence-electron chi connectivity index (χ0n) is 16.0. The molecule has 0 saturated heterocycles. The van der Waals surface area contributed by atoms with E-state index < -0.39 is 5.60 Å². The first-order valence-corrected chi connectivity index (χ1v) is 8.61. The van der Waals surface area contributed by atoms with Gasteiger partial charge in [0.15, 0.2) is 5.75 Å². The van der Waals surface area contributed by atoms with Gasteiger partial charge in [-0.15, -0.1) is 0 Å². The fourth-order valence-corrected chi connectivity index (χ4v) is 2.44. The number of carbonyl (C=O) groups is 2. The maximum atomic E-state index is 12.4. The van der Waals surface area contributed by atoms with Crippen LogP contribution in [0.4, 0.5) is 5.69 Å². The van der Waals surface area contributed by atoms with Crippen LogP contribution in [0.5, 0.6) is 5.75 Å². The largest absolute Gasteiger partial charge is 0.337 e. The maximum absolute atomic E-state index is 12.4. The Morgan fingerprint density at radius 1 is 1.08 bits per heavy atom. The van der Waals surface area contributed by atoms with E-state index in [-0.39, 0.29) is 23.7 Å². The lowest BCUT2D eigenvalue weighted by molar-refractivity contribution is -0.293. The number of amides is 2. The van der Waals surface area contributed by atoms with Crippen LogP contribution < -0.4 is 9.79 Å². The lowest BCUT2D eigenvalue weighted by Gasteiger charge is -2.29. The number of carbonyl (C=O) groups excluding carboxylic acids is 2. The summed E-state index contributed by atoms with van der Waals surface area (Å²) in [6, 6.07) is 5.31. The molecule has 2 amide bonds. The Kier molecular flexibility index (Phi) is 5.37. The minimum Gasteiger partial charge on any atom is -0.337 e. The zero-order valence-corrected chi connectivity index (χ0v) is 16.0. The highest BCUT2D eigenvalue weighted by molar-refractivity contribution is 6.30. The molecule has 0 saturated carbocycles. The van der Waals surface area contributed by atoms with E-state index in [1.807, 2.05) is 27.7 Å². The van der Waals surface area contributed by atoms with Crippen molar-refractivity contribution in [2.75, 3.05) is 4.90 Å². The van der Waals surface area contributed by atoms with Crippen molar-refractivity contribution >= 4 is 17.5 Å². The molecule has 1 aromatic carbocycles. The van der Waals surface area contributed by atoms with Gasteiger partial charge in [-0.25, -0.2) is 4.90 Å². The number of nitrogens with zero attached hydrogens (tertiary/aromatic N) is 1. The van der Waals surface area contributed by atoms with Crippen molar-refractivity contribution in [3.63, 3.8) is 0 Å². The third kappa shape index (κ3) is 3.76. The van der Waals surface area contributed by atoms with Crippen molar-refractivity contribution in [2.24, 2.45) is 5.92 Å². The molecule has 1 aromatic rings. The van der Waals surface area contributed by atoms with E-state index >= 15 is 0 Å². The van der Waals surface area contributed by atoms with Crippen LogP contribution in [-0.2, 0) is 14.5 Å². The van der Waals surface area contributed by atoms with Crippen molar-refractivity contribution in [1.82, 2.24) is 0 Å². The van der Waals surface area contributed by atoms with Crippen LogP contribution in [0.1, 0.15) is 59.9 Å². The third-order valence-corrected chi connectivity index (χ3v) is 4.70. The van der Waals surface area contributed by atoms with Crippen molar-refractivity contribution in [3.05, 3.63) is 35.4 Å². The van der Waals surface area contributed by atoms with Crippen LogP contribution in [0, 0.1) is 5.92 Å². The standard InChI is InChI=1S/C20H27NO4/c1-12(2)18-15(21-17(22)11-14(5)19(21)23)9-8-10-16(18)24-25-20(6,7)13(3)4/h8-13H,1-7H3. The van der Waals surface area contributed by atoms with Crippen molar-refractivity contribution in [2.45, 2.75) is 60.0 Å². The summed E-state index contributed by atoms with van der Waals surface area (Å²) in [5.74, 6) is 0.189. The summed E-state index contributed by atoms with van der Waals surface area (Å²) in [4.78, 5) is 37.1. The zero-order chi connectivity index (χ0) is 18.9.